The quantitative estimate of drug-likeness (QED) is 0.147. The molecule has 0 aliphatic rings. The molecule has 0 spiro atoms. The maximum atomic E-state index is 12.8. The summed E-state index contributed by atoms with van der Waals surface area (Å²) in [6.07, 6.45) is -4.60. The van der Waals surface area contributed by atoms with Crippen LogP contribution in [0.5, 0.6) is 11.5 Å². The molecule has 13 heteroatoms. The molecule has 0 amide bonds. The topological polar surface area (TPSA) is 105 Å². The average Bonchev–Trinajstić information content (AvgIpc) is 2.68. The first kappa shape index (κ1) is 26.6. The van der Waals surface area contributed by atoms with Gasteiger partial charge in [0, 0.05) is 12.1 Å². The third kappa shape index (κ3) is 6.93. The first-order valence-electron chi connectivity index (χ1n) is 9.29. The summed E-state index contributed by atoms with van der Waals surface area (Å²) in [7, 11) is -3.28. The summed E-state index contributed by atoms with van der Waals surface area (Å²) in [6, 6.07) is 4.59. The average molecular weight is 510 g/mol. The maximum absolute atomic E-state index is 12.8. The standard InChI is InChI=1S/C20H20ClF3NO7P/c1-11-7-14(25(27)28)17(33(29)31-10-30-18(26)19(2,3)4)9-16(11)32-15-6-5-12(8-13(15)21)20(22,23)24/h5-9,33H,10H2,1-4H3. The van der Waals surface area contributed by atoms with Gasteiger partial charge in [-0.05, 0) is 51.5 Å². The number of nitro groups is 1. The number of halogens is 4. The highest BCUT2D eigenvalue weighted by molar-refractivity contribution is 7.48. The molecule has 2 aromatic rings. The van der Waals surface area contributed by atoms with Crippen molar-refractivity contribution < 1.29 is 41.5 Å². The van der Waals surface area contributed by atoms with Crippen LogP contribution < -0.4 is 10.0 Å². The minimum atomic E-state index is -4.60. The molecule has 0 saturated heterocycles. The normalized spacial score (nSPS) is 12.8. The summed E-state index contributed by atoms with van der Waals surface area (Å²) in [5.74, 6) is -0.810. The molecule has 0 N–H and O–H groups in total. The van der Waals surface area contributed by atoms with E-state index in [1.165, 1.54) is 6.92 Å². The van der Waals surface area contributed by atoms with Crippen molar-refractivity contribution in [2.45, 2.75) is 33.9 Å². The number of ether oxygens (including phenoxy) is 2. The van der Waals surface area contributed by atoms with Gasteiger partial charge in [-0.25, -0.2) is 0 Å². The fraction of sp³-hybridized carbons (Fsp3) is 0.350. The molecule has 0 fully saturated rings. The number of nitro benzene ring substituents is 1. The lowest BCUT2D eigenvalue weighted by atomic mass is 9.98. The van der Waals surface area contributed by atoms with E-state index in [-0.39, 0.29) is 27.4 Å². The summed E-state index contributed by atoms with van der Waals surface area (Å²) in [4.78, 5) is 22.4. The minimum Gasteiger partial charge on any atom is -0.455 e. The van der Waals surface area contributed by atoms with Gasteiger partial charge in [-0.15, -0.1) is 0 Å². The Bertz CT molecular complexity index is 1100. The van der Waals surface area contributed by atoms with E-state index in [2.05, 4.69) is 0 Å². The van der Waals surface area contributed by atoms with Gasteiger partial charge in [0.05, 0.1) is 20.9 Å². The number of aryl methyl sites for hydroxylation is 1. The van der Waals surface area contributed by atoms with Crippen molar-refractivity contribution in [3.63, 3.8) is 0 Å². The molecule has 0 aliphatic heterocycles. The molecule has 2 rings (SSSR count). The van der Waals surface area contributed by atoms with Gasteiger partial charge in [0.25, 0.3) is 5.69 Å². The number of benzene rings is 2. The van der Waals surface area contributed by atoms with Crippen LogP contribution in [0.2, 0.25) is 5.02 Å². The predicted octanol–water partition coefficient (Wildman–Crippen LogP) is 6.03. The highest BCUT2D eigenvalue weighted by Gasteiger charge is 2.31. The smallest absolute Gasteiger partial charge is 0.416 e. The van der Waals surface area contributed by atoms with E-state index in [0.29, 0.717) is 6.07 Å². The molecule has 8 nitrogen and oxygen atoms in total. The zero-order valence-corrected chi connectivity index (χ0v) is 19.7. The Balaban J connectivity index is 2.31. The van der Waals surface area contributed by atoms with Crippen molar-refractivity contribution >= 4 is 36.6 Å². The Morgan fingerprint density at radius 1 is 1.15 bits per heavy atom. The first-order valence-corrected chi connectivity index (χ1v) is 11.0. The maximum Gasteiger partial charge on any atom is 0.416 e. The van der Waals surface area contributed by atoms with Gasteiger partial charge < -0.3 is 9.47 Å². The van der Waals surface area contributed by atoms with Crippen LogP contribution in [0.4, 0.5) is 18.9 Å². The lowest BCUT2D eigenvalue weighted by Crippen LogP contribution is -2.23. The molecule has 0 radical (unpaired) electrons. The van der Waals surface area contributed by atoms with Gasteiger partial charge in [0.15, 0.2) is 6.79 Å². The van der Waals surface area contributed by atoms with Crippen molar-refractivity contribution in [2.24, 2.45) is 5.41 Å². The van der Waals surface area contributed by atoms with E-state index in [4.69, 9.17) is 25.6 Å². The second-order valence-corrected chi connectivity index (χ2v) is 9.68. The molecule has 0 aromatic heterocycles. The Kier molecular flexibility index (Phi) is 8.16. The molecule has 33 heavy (non-hydrogen) atoms. The number of rotatable bonds is 7. The highest BCUT2D eigenvalue weighted by atomic mass is 35.5. The summed E-state index contributed by atoms with van der Waals surface area (Å²) in [5.41, 5.74) is -2.11. The van der Waals surface area contributed by atoms with E-state index in [1.54, 1.807) is 20.8 Å². The largest absolute Gasteiger partial charge is 0.455 e. The monoisotopic (exact) mass is 509 g/mol. The number of alkyl halides is 3. The van der Waals surface area contributed by atoms with Crippen LogP contribution in [0.1, 0.15) is 31.9 Å². The summed E-state index contributed by atoms with van der Waals surface area (Å²) < 4.78 is 66.5. The van der Waals surface area contributed by atoms with Gasteiger partial charge >= 0.3 is 12.1 Å². The van der Waals surface area contributed by atoms with Gasteiger partial charge in [-0.3, -0.25) is 24.0 Å². The first-order chi connectivity index (χ1) is 15.1. The van der Waals surface area contributed by atoms with Crippen LogP contribution in [0, 0.1) is 22.5 Å². The molecule has 0 bridgehead atoms. The van der Waals surface area contributed by atoms with Gasteiger partial charge in [0.2, 0.25) is 8.03 Å². The van der Waals surface area contributed by atoms with Crippen LogP contribution in [0.3, 0.4) is 0 Å². The van der Waals surface area contributed by atoms with Crippen molar-refractivity contribution in [1.29, 1.82) is 0 Å². The van der Waals surface area contributed by atoms with Crippen LogP contribution >= 0.6 is 19.6 Å². The van der Waals surface area contributed by atoms with Gasteiger partial charge in [-0.1, -0.05) is 11.6 Å². The van der Waals surface area contributed by atoms with E-state index < -0.39 is 48.6 Å². The lowest BCUT2D eigenvalue weighted by molar-refractivity contribution is -0.383. The molecule has 0 saturated carbocycles. The Hall–Kier alpha value is -2.62. The van der Waals surface area contributed by atoms with Crippen molar-refractivity contribution in [2.75, 3.05) is 6.79 Å². The third-order valence-electron chi connectivity index (χ3n) is 4.18. The zero-order chi connectivity index (χ0) is 25.1. The van der Waals surface area contributed by atoms with Crippen LogP contribution in [-0.4, -0.2) is 17.7 Å². The molecule has 1 unspecified atom stereocenters. The van der Waals surface area contributed by atoms with Crippen LogP contribution in [0.15, 0.2) is 30.3 Å². The van der Waals surface area contributed by atoms with Crippen molar-refractivity contribution in [3.8, 4) is 11.5 Å². The fourth-order valence-electron chi connectivity index (χ4n) is 2.41. The van der Waals surface area contributed by atoms with Gasteiger partial charge in [0.1, 0.15) is 16.8 Å². The van der Waals surface area contributed by atoms with Crippen molar-refractivity contribution in [3.05, 3.63) is 56.6 Å². The summed E-state index contributed by atoms with van der Waals surface area (Å²) in [5, 5.41) is 10.7. The van der Waals surface area contributed by atoms with E-state index >= 15 is 0 Å². The molecule has 0 aliphatic carbocycles. The second kappa shape index (κ2) is 10.1. The lowest BCUT2D eigenvalue weighted by Gasteiger charge is -2.16. The molecule has 0 heterocycles. The molecule has 180 valence electrons. The van der Waals surface area contributed by atoms with Crippen molar-refractivity contribution in [1.82, 2.24) is 0 Å². The number of esters is 1. The van der Waals surface area contributed by atoms with E-state index in [0.717, 1.165) is 24.3 Å². The van der Waals surface area contributed by atoms with Crippen LogP contribution in [-0.2, 0) is 24.8 Å². The third-order valence-corrected chi connectivity index (χ3v) is 5.70. The van der Waals surface area contributed by atoms with Gasteiger partial charge in [-0.2, -0.15) is 13.2 Å². The molecular formula is C20H20ClF3NO7P. The fourth-order valence-corrected chi connectivity index (χ4v) is 3.57. The van der Waals surface area contributed by atoms with E-state index in [1.807, 2.05) is 0 Å². The number of nitrogens with zero attached hydrogens (tertiary/aromatic N) is 1. The number of hydrogen-bond acceptors (Lipinski definition) is 7. The Morgan fingerprint density at radius 2 is 1.79 bits per heavy atom. The Labute approximate surface area is 192 Å². The predicted molar refractivity (Wildman–Crippen MR) is 114 cm³/mol. The highest BCUT2D eigenvalue weighted by Crippen LogP contribution is 2.39. The number of carbonyl (C=O) groups excluding carboxylic acids is 1. The summed E-state index contributed by atoms with van der Waals surface area (Å²) in [6.45, 7) is 5.55. The number of carbonyl (C=O) groups is 1. The minimum absolute atomic E-state index is 0.0362. The van der Waals surface area contributed by atoms with E-state index in [9.17, 15) is 32.6 Å². The number of hydrogen-bond donors (Lipinski definition) is 0. The summed E-state index contributed by atoms with van der Waals surface area (Å²) >= 11 is 5.89. The molecule has 1 atom stereocenters. The zero-order valence-electron chi connectivity index (χ0n) is 17.9. The SMILES string of the molecule is Cc1cc([N+](=O)[O-])c([PH](=O)OCOC(=O)C(C)(C)C)cc1Oc1ccc(C(F)(F)F)cc1Cl. The van der Waals surface area contributed by atoms with Crippen LogP contribution in [0.25, 0.3) is 0 Å². The molecular weight excluding hydrogens is 490 g/mol. The Morgan fingerprint density at radius 3 is 2.30 bits per heavy atom. The second-order valence-electron chi connectivity index (χ2n) is 7.87. The molecule has 2 aromatic carbocycles.